The predicted molar refractivity (Wildman–Crippen MR) is 100 cm³/mol. The van der Waals surface area contributed by atoms with Crippen molar-refractivity contribution in [3.63, 3.8) is 0 Å². The minimum Gasteiger partial charge on any atom is -0.406 e. The molecule has 1 aliphatic rings. The third-order valence-electron chi connectivity index (χ3n) is 4.49. The lowest BCUT2D eigenvalue weighted by molar-refractivity contribution is -0.274. The van der Waals surface area contributed by atoms with E-state index in [2.05, 4.69) is 21.8 Å². The second-order valence-electron chi connectivity index (χ2n) is 6.39. The molecule has 27 heavy (non-hydrogen) atoms. The SMILES string of the molecule is FC(F)(F)Oc1ccc(-c2cccc3sc(CN4CCOCC4)cc23)cc1. The van der Waals surface area contributed by atoms with Crippen LogP contribution in [0.25, 0.3) is 21.2 Å². The van der Waals surface area contributed by atoms with Gasteiger partial charge in [0.15, 0.2) is 0 Å². The molecule has 1 fully saturated rings. The summed E-state index contributed by atoms with van der Waals surface area (Å²) < 4.78 is 47.5. The third kappa shape index (κ3) is 4.43. The molecule has 1 saturated heterocycles. The van der Waals surface area contributed by atoms with E-state index in [0.29, 0.717) is 0 Å². The van der Waals surface area contributed by atoms with Crippen LogP contribution < -0.4 is 4.74 Å². The second-order valence-corrected chi connectivity index (χ2v) is 7.56. The van der Waals surface area contributed by atoms with Crippen molar-refractivity contribution in [1.29, 1.82) is 0 Å². The van der Waals surface area contributed by atoms with Gasteiger partial charge in [0.05, 0.1) is 13.2 Å². The zero-order valence-electron chi connectivity index (χ0n) is 14.5. The summed E-state index contributed by atoms with van der Waals surface area (Å²) in [6.07, 6.45) is -4.68. The number of ether oxygens (including phenoxy) is 2. The number of rotatable bonds is 4. The zero-order chi connectivity index (χ0) is 18.9. The molecule has 0 spiro atoms. The molecule has 0 atom stereocenters. The topological polar surface area (TPSA) is 21.7 Å². The zero-order valence-corrected chi connectivity index (χ0v) is 15.3. The molecule has 7 heteroatoms. The summed E-state index contributed by atoms with van der Waals surface area (Å²) in [5.41, 5.74) is 1.88. The second kappa shape index (κ2) is 7.50. The predicted octanol–water partition coefficient (Wildman–Crippen LogP) is 5.30. The average molecular weight is 393 g/mol. The van der Waals surface area contributed by atoms with Crippen LogP contribution in [0.4, 0.5) is 13.2 Å². The number of benzene rings is 2. The Kier molecular flexibility index (Phi) is 5.08. The van der Waals surface area contributed by atoms with Crippen LogP contribution >= 0.6 is 11.3 Å². The maximum absolute atomic E-state index is 12.3. The molecule has 142 valence electrons. The van der Waals surface area contributed by atoms with E-state index in [0.717, 1.165) is 49.4 Å². The van der Waals surface area contributed by atoms with Crippen molar-refractivity contribution < 1.29 is 22.6 Å². The Hall–Kier alpha value is -2.09. The van der Waals surface area contributed by atoms with Gasteiger partial charge < -0.3 is 9.47 Å². The highest BCUT2D eigenvalue weighted by Crippen LogP contribution is 2.35. The van der Waals surface area contributed by atoms with E-state index < -0.39 is 6.36 Å². The summed E-state index contributed by atoms with van der Waals surface area (Å²) in [5.74, 6) is -0.211. The van der Waals surface area contributed by atoms with Crippen LogP contribution in [0.5, 0.6) is 5.75 Å². The minimum atomic E-state index is -4.68. The van der Waals surface area contributed by atoms with Gasteiger partial charge in [0, 0.05) is 34.6 Å². The molecule has 0 aliphatic carbocycles. The molecule has 0 unspecified atom stereocenters. The quantitative estimate of drug-likeness (QED) is 0.600. The molecule has 3 nitrogen and oxygen atoms in total. The third-order valence-corrected chi connectivity index (χ3v) is 5.58. The number of hydrogen-bond donors (Lipinski definition) is 0. The highest BCUT2D eigenvalue weighted by atomic mass is 32.1. The fourth-order valence-electron chi connectivity index (χ4n) is 3.26. The Balaban J connectivity index is 1.60. The Labute approximate surface area is 158 Å². The average Bonchev–Trinajstić information content (AvgIpc) is 3.04. The van der Waals surface area contributed by atoms with Crippen molar-refractivity contribution in [2.45, 2.75) is 12.9 Å². The van der Waals surface area contributed by atoms with E-state index in [4.69, 9.17) is 4.74 Å². The van der Waals surface area contributed by atoms with E-state index in [1.54, 1.807) is 23.5 Å². The van der Waals surface area contributed by atoms with E-state index in [1.807, 2.05) is 12.1 Å². The number of thiophene rings is 1. The Morgan fingerprint density at radius 2 is 1.78 bits per heavy atom. The normalized spacial score (nSPS) is 16.0. The standard InChI is InChI=1S/C20H18F3NO2S/c21-20(22,23)26-15-6-4-14(5-7-15)17-2-1-3-19-18(17)12-16(27-19)13-24-8-10-25-11-9-24/h1-7,12H,8-11,13H2. The van der Waals surface area contributed by atoms with E-state index in [1.165, 1.54) is 21.7 Å². The number of halogens is 3. The first-order valence-electron chi connectivity index (χ1n) is 8.66. The Bertz CT molecular complexity index is 915. The van der Waals surface area contributed by atoms with Gasteiger partial charge in [-0.3, -0.25) is 4.90 Å². The number of hydrogen-bond acceptors (Lipinski definition) is 4. The number of alkyl halides is 3. The van der Waals surface area contributed by atoms with Crippen LogP contribution in [0.15, 0.2) is 48.5 Å². The molecule has 4 rings (SSSR count). The molecule has 0 bridgehead atoms. The van der Waals surface area contributed by atoms with Gasteiger partial charge in [-0.15, -0.1) is 24.5 Å². The largest absolute Gasteiger partial charge is 0.573 e. The van der Waals surface area contributed by atoms with E-state index in [-0.39, 0.29) is 5.75 Å². The van der Waals surface area contributed by atoms with Gasteiger partial charge in [-0.25, -0.2) is 0 Å². The highest BCUT2D eigenvalue weighted by molar-refractivity contribution is 7.19. The molecule has 0 radical (unpaired) electrons. The van der Waals surface area contributed by atoms with Crippen molar-refractivity contribution in [3.05, 3.63) is 53.4 Å². The summed E-state index contributed by atoms with van der Waals surface area (Å²) in [6.45, 7) is 4.29. The smallest absolute Gasteiger partial charge is 0.406 e. The van der Waals surface area contributed by atoms with Gasteiger partial charge in [0.2, 0.25) is 0 Å². The summed E-state index contributed by atoms with van der Waals surface area (Å²) in [4.78, 5) is 3.65. The van der Waals surface area contributed by atoms with Gasteiger partial charge in [-0.1, -0.05) is 24.3 Å². The van der Waals surface area contributed by atoms with Crippen LogP contribution in [0.3, 0.4) is 0 Å². The molecule has 0 saturated carbocycles. The van der Waals surface area contributed by atoms with E-state index in [9.17, 15) is 13.2 Å². The molecule has 3 aromatic rings. The molecule has 0 amide bonds. The number of nitrogens with zero attached hydrogens (tertiary/aromatic N) is 1. The van der Waals surface area contributed by atoms with Crippen LogP contribution in [-0.2, 0) is 11.3 Å². The molecule has 2 heterocycles. The molecule has 1 aliphatic heterocycles. The fraction of sp³-hybridized carbons (Fsp3) is 0.300. The Morgan fingerprint density at radius 3 is 2.48 bits per heavy atom. The van der Waals surface area contributed by atoms with E-state index >= 15 is 0 Å². The lowest BCUT2D eigenvalue weighted by Crippen LogP contribution is -2.35. The van der Waals surface area contributed by atoms with Crippen molar-refractivity contribution in [2.24, 2.45) is 0 Å². The van der Waals surface area contributed by atoms with Crippen molar-refractivity contribution in [3.8, 4) is 16.9 Å². The van der Waals surface area contributed by atoms with Crippen molar-refractivity contribution in [2.75, 3.05) is 26.3 Å². The number of fused-ring (bicyclic) bond motifs is 1. The van der Waals surface area contributed by atoms with Crippen molar-refractivity contribution in [1.82, 2.24) is 4.90 Å². The molecular formula is C20H18F3NO2S. The molecular weight excluding hydrogens is 375 g/mol. The minimum absolute atomic E-state index is 0.211. The lowest BCUT2D eigenvalue weighted by atomic mass is 10.0. The van der Waals surface area contributed by atoms with Crippen LogP contribution in [0.1, 0.15) is 4.88 Å². The van der Waals surface area contributed by atoms with Crippen LogP contribution in [0, 0.1) is 0 Å². The van der Waals surface area contributed by atoms with Gasteiger partial charge in [-0.2, -0.15) is 0 Å². The molecule has 1 aromatic heterocycles. The van der Waals surface area contributed by atoms with Gasteiger partial charge in [-0.05, 0) is 35.4 Å². The summed E-state index contributed by atoms with van der Waals surface area (Å²) in [6, 6.07) is 14.3. The van der Waals surface area contributed by atoms with Crippen molar-refractivity contribution >= 4 is 21.4 Å². The summed E-state index contributed by atoms with van der Waals surface area (Å²) >= 11 is 1.75. The first kappa shape index (κ1) is 18.3. The van der Waals surface area contributed by atoms with Crippen LogP contribution in [0.2, 0.25) is 0 Å². The molecule has 2 aromatic carbocycles. The maximum atomic E-state index is 12.3. The summed E-state index contributed by atoms with van der Waals surface area (Å²) in [7, 11) is 0. The van der Waals surface area contributed by atoms with Gasteiger partial charge in [0.1, 0.15) is 5.75 Å². The first-order chi connectivity index (χ1) is 13.0. The fourth-order valence-corrected chi connectivity index (χ4v) is 4.39. The first-order valence-corrected chi connectivity index (χ1v) is 9.47. The maximum Gasteiger partial charge on any atom is 0.573 e. The monoisotopic (exact) mass is 393 g/mol. The van der Waals surface area contributed by atoms with Gasteiger partial charge in [0.25, 0.3) is 0 Å². The van der Waals surface area contributed by atoms with Crippen LogP contribution in [-0.4, -0.2) is 37.6 Å². The lowest BCUT2D eigenvalue weighted by Gasteiger charge is -2.25. The Morgan fingerprint density at radius 1 is 1.04 bits per heavy atom. The number of morpholine rings is 1. The highest BCUT2D eigenvalue weighted by Gasteiger charge is 2.31. The molecule has 0 N–H and O–H groups in total. The summed E-state index contributed by atoms with van der Waals surface area (Å²) in [5, 5.41) is 1.12. The van der Waals surface area contributed by atoms with Gasteiger partial charge >= 0.3 is 6.36 Å².